The molecule has 2 aliphatic rings. The van der Waals surface area contributed by atoms with Crippen molar-refractivity contribution in [2.75, 3.05) is 0 Å². The highest BCUT2D eigenvalue weighted by Gasteiger charge is 2.41. The summed E-state index contributed by atoms with van der Waals surface area (Å²) in [6, 6.07) is 0. The van der Waals surface area contributed by atoms with Crippen LogP contribution in [0.4, 0.5) is 0 Å². The molecule has 0 radical (unpaired) electrons. The fraction of sp³-hybridized carbons (Fsp3) is 0.647. The van der Waals surface area contributed by atoms with E-state index in [2.05, 4.69) is 6.58 Å². The number of esters is 2. The molecule has 0 aromatic carbocycles. The Hall–Kier alpha value is -1.62. The van der Waals surface area contributed by atoms with Crippen LogP contribution in [0, 0.1) is 11.8 Å². The van der Waals surface area contributed by atoms with Crippen molar-refractivity contribution in [2.24, 2.45) is 11.8 Å². The van der Waals surface area contributed by atoms with Gasteiger partial charge in [0.05, 0.1) is 6.10 Å². The van der Waals surface area contributed by atoms with Crippen molar-refractivity contribution in [3.05, 3.63) is 23.8 Å². The lowest BCUT2D eigenvalue weighted by Crippen LogP contribution is -2.27. The molecule has 0 aromatic rings. The molecule has 1 N–H and O–H groups in total. The van der Waals surface area contributed by atoms with Crippen LogP contribution in [0.25, 0.3) is 0 Å². The zero-order chi connectivity index (χ0) is 16.4. The molecule has 122 valence electrons. The first-order chi connectivity index (χ1) is 10.3. The quantitative estimate of drug-likeness (QED) is 0.489. The number of carbonyl (C=O) groups is 2. The second-order valence-corrected chi connectivity index (χ2v) is 6.33. The summed E-state index contributed by atoms with van der Waals surface area (Å²) in [7, 11) is 0. The van der Waals surface area contributed by atoms with Gasteiger partial charge in [-0.05, 0) is 31.3 Å². The molecule has 0 spiro atoms. The molecule has 2 rings (SSSR count). The van der Waals surface area contributed by atoms with Crippen molar-refractivity contribution in [1.82, 2.24) is 0 Å². The minimum Gasteiger partial charge on any atom is -0.458 e. The second-order valence-electron chi connectivity index (χ2n) is 6.33. The summed E-state index contributed by atoms with van der Waals surface area (Å²) in [6.45, 7) is 8.90. The molecule has 5 atom stereocenters. The van der Waals surface area contributed by atoms with Crippen molar-refractivity contribution in [1.29, 1.82) is 0 Å². The lowest BCUT2D eigenvalue weighted by molar-refractivity contribution is -0.145. The standard InChI is InChI=1S/C17H24O5/c1-9-7-15-14(11(3)17(20)22-15)6-5-13(9)16(8-10(2)18)21-12(4)19/h5,9-10,14-16,18H,3,6-8H2,1-2,4H3. The van der Waals surface area contributed by atoms with Crippen LogP contribution in [-0.4, -0.2) is 35.4 Å². The molecule has 5 unspecified atom stereocenters. The summed E-state index contributed by atoms with van der Waals surface area (Å²) < 4.78 is 10.8. The topological polar surface area (TPSA) is 72.8 Å². The van der Waals surface area contributed by atoms with Gasteiger partial charge in [0, 0.05) is 24.8 Å². The fourth-order valence-corrected chi connectivity index (χ4v) is 3.34. The van der Waals surface area contributed by atoms with E-state index in [9.17, 15) is 14.7 Å². The third kappa shape index (κ3) is 3.58. The third-order valence-corrected chi connectivity index (χ3v) is 4.41. The van der Waals surface area contributed by atoms with Crippen LogP contribution in [-0.2, 0) is 19.1 Å². The summed E-state index contributed by atoms with van der Waals surface area (Å²) in [6.07, 6.45) is 2.56. The molecule has 0 aromatic heterocycles. The molecule has 5 nitrogen and oxygen atoms in total. The van der Waals surface area contributed by atoms with E-state index >= 15 is 0 Å². The van der Waals surface area contributed by atoms with Crippen molar-refractivity contribution in [3.63, 3.8) is 0 Å². The Kier molecular flexibility index (Phi) is 5.06. The van der Waals surface area contributed by atoms with E-state index in [0.29, 0.717) is 24.8 Å². The summed E-state index contributed by atoms with van der Waals surface area (Å²) >= 11 is 0. The molecule has 0 saturated carbocycles. The van der Waals surface area contributed by atoms with Gasteiger partial charge in [0.25, 0.3) is 0 Å². The number of ether oxygens (including phenoxy) is 2. The van der Waals surface area contributed by atoms with Crippen LogP contribution < -0.4 is 0 Å². The van der Waals surface area contributed by atoms with Crippen molar-refractivity contribution in [3.8, 4) is 0 Å². The van der Waals surface area contributed by atoms with Gasteiger partial charge in [0.2, 0.25) is 0 Å². The maximum absolute atomic E-state index is 11.6. The minimum absolute atomic E-state index is 0.00280. The average molecular weight is 308 g/mol. The predicted molar refractivity (Wildman–Crippen MR) is 80.8 cm³/mol. The van der Waals surface area contributed by atoms with Crippen LogP contribution in [0.1, 0.15) is 40.0 Å². The molecule has 1 aliphatic carbocycles. The van der Waals surface area contributed by atoms with Crippen LogP contribution in [0.3, 0.4) is 0 Å². The molecular weight excluding hydrogens is 284 g/mol. The molecule has 22 heavy (non-hydrogen) atoms. The molecule has 1 saturated heterocycles. The SMILES string of the molecule is C=C1C(=O)OC2CC(C)C(C(CC(C)O)OC(C)=O)=CCC12. The lowest BCUT2D eigenvalue weighted by Gasteiger charge is -2.26. The number of allylic oxidation sites excluding steroid dienone is 1. The van der Waals surface area contributed by atoms with Gasteiger partial charge in [-0.1, -0.05) is 19.6 Å². The van der Waals surface area contributed by atoms with E-state index in [-0.39, 0.29) is 29.9 Å². The zero-order valence-corrected chi connectivity index (χ0v) is 13.4. The molecule has 0 amide bonds. The van der Waals surface area contributed by atoms with Gasteiger partial charge in [-0.2, -0.15) is 0 Å². The molecule has 0 bridgehead atoms. The first-order valence-corrected chi connectivity index (χ1v) is 7.74. The Labute approximate surface area is 131 Å². The molecule has 1 fully saturated rings. The highest BCUT2D eigenvalue weighted by molar-refractivity contribution is 5.90. The molecule has 1 aliphatic heterocycles. The Morgan fingerprint density at radius 3 is 2.86 bits per heavy atom. The van der Waals surface area contributed by atoms with Crippen LogP contribution in [0.15, 0.2) is 23.8 Å². The minimum atomic E-state index is -0.562. The second kappa shape index (κ2) is 6.65. The van der Waals surface area contributed by atoms with E-state index in [1.54, 1.807) is 6.92 Å². The van der Waals surface area contributed by atoms with E-state index in [1.165, 1.54) is 6.92 Å². The van der Waals surface area contributed by atoms with Gasteiger partial charge in [-0.3, -0.25) is 4.79 Å². The Balaban J connectivity index is 2.21. The van der Waals surface area contributed by atoms with Crippen LogP contribution >= 0.6 is 0 Å². The maximum atomic E-state index is 11.6. The number of carbonyl (C=O) groups excluding carboxylic acids is 2. The Bertz CT molecular complexity index is 505. The lowest BCUT2D eigenvalue weighted by atomic mass is 9.88. The normalized spacial score (nSPS) is 30.7. The van der Waals surface area contributed by atoms with Crippen LogP contribution in [0.2, 0.25) is 0 Å². The maximum Gasteiger partial charge on any atom is 0.334 e. The van der Waals surface area contributed by atoms with Gasteiger partial charge in [0.1, 0.15) is 12.2 Å². The van der Waals surface area contributed by atoms with E-state index in [0.717, 1.165) is 5.57 Å². The van der Waals surface area contributed by atoms with Crippen molar-refractivity contribution < 1.29 is 24.2 Å². The predicted octanol–water partition coefficient (Wildman–Crippen LogP) is 2.14. The summed E-state index contributed by atoms with van der Waals surface area (Å²) in [5, 5.41) is 9.66. The summed E-state index contributed by atoms with van der Waals surface area (Å²) in [5.74, 6) is -0.563. The highest BCUT2D eigenvalue weighted by Crippen LogP contribution is 2.39. The zero-order valence-electron chi connectivity index (χ0n) is 13.4. The van der Waals surface area contributed by atoms with Gasteiger partial charge < -0.3 is 14.6 Å². The number of fused-ring (bicyclic) bond motifs is 1. The largest absolute Gasteiger partial charge is 0.458 e. The van der Waals surface area contributed by atoms with Gasteiger partial charge >= 0.3 is 11.9 Å². The van der Waals surface area contributed by atoms with E-state index < -0.39 is 12.2 Å². The fourth-order valence-electron chi connectivity index (χ4n) is 3.34. The van der Waals surface area contributed by atoms with Gasteiger partial charge in [0.15, 0.2) is 0 Å². The van der Waals surface area contributed by atoms with Gasteiger partial charge in [-0.15, -0.1) is 0 Å². The smallest absolute Gasteiger partial charge is 0.334 e. The number of aliphatic hydroxyl groups is 1. The number of rotatable bonds is 4. The number of hydrogen-bond donors (Lipinski definition) is 1. The molecule has 1 heterocycles. The monoisotopic (exact) mass is 308 g/mol. The Morgan fingerprint density at radius 1 is 1.59 bits per heavy atom. The summed E-state index contributed by atoms with van der Waals surface area (Å²) in [4.78, 5) is 23.0. The number of aliphatic hydroxyl groups excluding tert-OH is 1. The third-order valence-electron chi connectivity index (χ3n) is 4.41. The highest BCUT2D eigenvalue weighted by atomic mass is 16.6. The first-order valence-electron chi connectivity index (χ1n) is 7.74. The molecule has 5 heteroatoms. The van der Waals surface area contributed by atoms with Crippen molar-refractivity contribution >= 4 is 11.9 Å². The van der Waals surface area contributed by atoms with Gasteiger partial charge in [-0.25, -0.2) is 4.79 Å². The summed E-state index contributed by atoms with van der Waals surface area (Å²) in [5.41, 5.74) is 1.52. The van der Waals surface area contributed by atoms with Crippen LogP contribution in [0.5, 0.6) is 0 Å². The Morgan fingerprint density at radius 2 is 2.27 bits per heavy atom. The van der Waals surface area contributed by atoms with E-state index in [4.69, 9.17) is 9.47 Å². The van der Waals surface area contributed by atoms with E-state index in [1.807, 2.05) is 13.0 Å². The number of hydrogen-bond acceptors (Lipinski definition) is 5. The molecular formula is C17H24O5. The van der Waals surface area contributed by atoms with Crippen molar-refractivity contribution in [2.45, 2.75) is 58.3 Å². The average Bonchev–Trinajstić information content (AvgIpc) is 2.56. The first kappa shape index (κ1) is 16.7.